The first-order valence-electron chi connectivity index (χ1n) is 10.00. The Morgan fingerprint density at radius 1 is 1.10 bits per heavy atom. The van der Waals surface area contributed by atoms with E-state index in [1.165, 1.54) is 27.3 Å². The molecule has 10 heteroatoms. The third-order valence-corrected chi connectivity index (χ3v) is 7.95. The molecule has 1 fully saturated rings. The van der Waals surface area contributed by atoms with Gasteiger partial charge in [0.15, 0.2) is 5.58 Å². The Labute approximate surface area is 178 Å². The molecule has 1 atom stereocenters. The summed E-state index contributed by atoms with van der Waals surface area (Å²) in [5, 5.41) is 0. The molecule has 1 saturated heterocycles. The lowest BCUT2D eigenvalue weighted by Gasteiger charge is -2.42. The van der Waals surface area contributed by atoms with Crippen molar-refractivity contribution in [3.63, 3.8) is 0 Å². The van der Waals surface area contributed by atoms with Gasteiger partial charge >= 0.3 is 11.8 Å². The monoisotopic (exact) mass is 443 g/mol. The number of benzene rings is 1. The van der Waals surface area contributed by atoms with Crippen molar-refractivity contribution in [3.8, 4) is 0 Å². The molecule has 1 aliphatic carbocycles. The van der Waals surface area contributed by atoms with E-state index in [9.17, 15) is 18.0 Å². The molecule has 0 saturated carbocycles. The highest BCUT2D eigenvalue weighted by Crippen LogP contribution is 2.31. The van der Waals surface area contributed by atoms with Crippen LogP contribution in [0.3, 0.4) is 0 Å². The predicted molar refractivity (Wildman–Crippen MR) is 112 cm³/mol. The van der Waals surface area contributed by atoms with Crippen LogP contribution in [-0.4, -0.2) is 53.5 Å². The Kier molecular flexibility index (Phi) is 4.63. The van der Waals surface area contributed by atoms with Crippen LogP contribution in [-0.2, 0) is 21.8 Å². The van der Waals surface area contributed by atoms with E-state index in [1.54, 1.807) is 18.0 Å². The minimum atomic E-state index is -3.76. The molecule has 162 valence electrons. The number of allylic oxidation sites excluding steroid dienone is 2. The van der Waals surface area contributed by atoms with Gasteiger partial charge in [-0.3, -0.25) is 9.47 Å². The number of hydrogen-bond donors (Lipinski definition) is 0. The Hall–Kier alpha value is -3.11. The number of hydrogen-bond acceptors (Lipinski definition) is 6. The summed E-state index contributed by atoms with van der Waals surface area (Å²) < 4.78 is 39.4. The number of fused-ring (bicyclic) bond motifs is 2. The van der Waals surface area contributed by atoms with Gasteiger partial charge < -0.3 is 9.15 Å². The van der Waals surface area contributed by atoms with Gasteiger partial charge in [0.05, 0.1) is 16.5 Å². The van der Waals surface area contributed by atoms with Gasteiger partial charge in [0.2, 0.25) is 10.0 Å². The first-order valence-corrected chi connectivity index (χ1v) is 11.4. The Morgan fingerprint density at radius 2 is 1.87 bits per heavy atom. The molecule has 2 aliphatic heterocycles. The number of aromatic nitrogens is 1. The highest BCUT2D eigenvalue weighted by molar-refractivity contribution is 7.89. The molecule has 2 aromatic rings. The Balaban J connectivity index is 1.35. The number of piperidine rings is 1. The maximum atomic E-state index is 13.2. The van der Waals surface area contributed by atoms with Crippen molar-refractivity contribution in [2.75, 3.05) is 13.1 Å². The summed E-state index contributed by atoms with van der Waals surface area (Å²) in [4.78, 5) is 25.9. The van der Waals surface area contributed by atoms with Crippen LogP contribution < -0.4 is 5.76 Å². The normalized spacial score (nSPS) is 22.5. The van der Waals surface area contributed by atoms with Crippen LogP contribution in [0.15, 0.2) is 68.4 Å². The first-order chi connectivity index (χ1) is 14.9. The topological polar surface area (TPSA) is 102 Å². The second-order valence-corrected chi connectivity index (χ2v) is 9.73. The van der Waals surface area contributed by atoms with Gasteiger partial charge in [-0.1, -0.05) is 24.3 Å². The van der Waals surface area contributed by atoms with E-state index >= 15 is 0 Å². The Morgan fingerprint density at radius 3 is 2.65 bits per heavy atom. The van der Waals surface area contributed by atoms with E-state index in [1.807, 2.05) is 24.3 Å². The SMILES string of the molecule is Cn1c(=O)oc2cc(S(=O)(=O)N3CCC(N4C(=O)OC=C5C=CC=CC54)CC3)ccc21. The van der Waals surface area contributed by atoms with Crippen molar-refractivity contribution in [2.24, 2.45) is 7.05 Å². The average Bonchev–Trinajstić information content (AvgIpc) is 3.07. The predicted octanol–water partition coefficient (Wildman–Crippen LogP) is 2.12. The van der Waals surface area contributed by atoms with E-state index in [0.717, 1.165) is 5.57 Å². The van der Waals surface area contributed by atoms with Crippen LogP contribution in [0.4, 0.5) is 4.79 Å². The summed E-state index contributed by atoms with van der Waals surface area (Å²) in [5.41, 5.74) is 1.66. The third-order valence-electron chi connectivity index (χ3n) is 6.06. The maximum Gasteiger partial charge on any atom is 0.419 e. The van der Waals surface area contributed by atoms with Gasteiger partial charge in [0, 0.05) is 37.8 Å². The van der Waals surface area contributed by atoms with Crippen LogP contribution in [0, 0.1) is 0 Å². The number of sulfonamides is 1. The molecule has 9 nitrogen and oxygen atoms in total. The summed E-state index contributed by atoms with van der Waals surface area (Å²) in [6, 6.07) is 4.12. The lowest BCUT2D eigenvalue weighted by Crippen LogP contribution is -2.53. The largest absolute Gasteiger partial charge is 0.419 e. The zero-order chi connectivity index (χ0) is 21.8. The number of amides is 1. The van der Waals surface area contributed by atoms with Crippen molar-refractivity contribution in [3.05, 3.63) is 64.9 Å². The van der Waals surface area contributed by atoms with Crippen molar-refractivity contribution in [2.45, 2.75) is 29.8 Å². The minimum Gasteiger partial charge on any atom is -0.418 e. The van der Waals surface area contributed by atoms with Gasteiger partial charge in [-0.25, -0.2) is 18.0 Å². The van der Waals surface area contributed by atoms with Crippen LogP contribution in [0.25, 0.3) is 11.1 Å². The summed E-state index contributed by atoms with van der Waals surface area (Å²) in [6.07, 6.45) is 9.68. The second-order valence-electron chi connectivity index (χ2n) is 7.79. The summed E-state index contributed by atoms with van der Waals surface area (Å²) in [5.74, 6) is -0.543. The fourth-order valence-corrected chi connectivity index (χ4v) is 5.85. The van der Waals surface area contributed by atoms with E-state index in [-0.39, 0.29) is 35.7 Å². The van der Waals surface area contributed by atoms with Crippen molar-refractivity contribution in [1.29, 1.82) is 0 Å². The molecule has 0 N–H and O–H groups in total. The van der Waals surface area contributed by atoms with Gasteiger partial charge in [-0.15, -0.1) is 0 Å². The second kappa shape index (κ2) is 7.24. The molecule has 3 heterocycles. The van der Waals surface area contributed by atoms with Gasteiger partial charge in [0.25, 0.3) is 0 Å². The maximum absolute atomic E-state index is 13.2. The molecule has 1 amide bonds. The van der Waals surface area contributed by atoms with E-state index in [0.29, 0.717) is 18.4 Å². The number of carbonyl (C=O) groups excluding carboxylic acids is 1. The zero-order valence-corrected chi connectivity index (χ0v) is 17.6. The highest BCUT2D eigenvalue weighted by Gasteiger charge is 2.39. The van der Waals surface area contributed by atoms with E-state index in [2.05, 4.69) is 0 Å². The van der Waals surface area contributed by atoms with Crippen molar-refractivity contribution < 1.29 is 22.4 Å². The summed E-state index contributed by atoms with van der Waals surface area (Å²) >= 11 is 0. The van der Waals surface area contributed by atoms with Crippen molar-refractivity contribution in [1.82, 2.24) is 13.8 Å². The number of nitrogens with zero attached hydrogens (tertiary/aromatic N) is 3. The van der Waals surface area contributed by atoms with Gasteiger partial charge in [-0.2, -0.15) is 4.31 Å². The molecule has 0 bridgehead atoms. The number of rotatable bonds is 3. The molecule has 1 aromatic heterocycles. The molecule has 0 radical (unpaired) electrons. The number of carbonyl (C=O) groups is 1. The molecule has 1 unspecified atom stereocenters. The highest BCUT2D eigenvalue weighted by atomic mass is 32.2. The quantitative estimate of drug-likeness (QED) is 0.720. The van der Waals surface area contributed by atoms with Crippen molar-refractivity contribution >= 4 is 27.2 Å². The number of ether oxygens (including phenoxy) is 1. The van der Waals surface area contributed by atoms with Crippen LogP contribution in [0.2, 0.25) is 0 Å². The average molecular weight is 443 g/mol. The van der Waals surface area contributed by atoms with Gasteiger partial charge in [-0.05, 0) is 25.0 Å². The number of oxazole rings is 1. The van der Waals surface area contributed by atoms with E-state index < -0.39 is 21.9 Å². The number of cyclic esters (lactones) is 1. The molecule has 1 aromatic carbocycles. The number of aryl methyl sites for hydroxylation is 1. The van der Waals surface area contributed by atoms with Crippen LogP contribution in [0.1, 0.15) is 12.8 Å². The lowest BCUT2D eigenvalue weighted by molar-refractivity contribution is 0.0808. The zero-order valence-electron chi connectivity index (χ0n) is 16.8. The smallest absolute Gasteiger partial charge is 0.418 e. The molecule has 5 rings (SSSR count). The minimum absolute atomic E-state index is 0.0794. The molecule has 31 heavy (non-hydrogen) atoms. The van der Waals surface area contributed by atoms with Gasteiger partial charge in [0.1, 0.15) is 6.26 Å². The molecule has 0 spiro atoms. The van der Waals surface area contributed by atoms with Crippen LogP contribution in [0.5, 0.6) is 0 Å². The molecular weight excluding hydrogens is 422 g/mol. The Bertz CT molecular complexity index is 1310. The summed E-state index contributed by atoms with van der Waals surface area (Å²) in [6.45, 7) is 0.553. The third kappa shape index (κ3) is 3.22. The molecule has 3 aliphatic rings. The fraction of sp³-hybridized carbons (Fsp3) is 0.333. The lowest BCUT2D eigenvalue weighted by atomic mass is 9.96. The standard InChI is InChI=1S/C21H21N3O6S/c1-22-18-7-6-16(12-19(18)30-20(22)25)31(27,28)23-10-8-15(9-11-23)24-17-5-3-2-4-14(17)13-29-21(24)26/h2-7,12-13,15,17H,8-11H2,1H3. The summed E-state index contributed by atoms with van der Waals surface area (Å²) in [7, 11) is -2.19. The van der Waals surface area contributed by atoms with Crippen LogP contribution >= 0.6 is 0 Å². The van der Waals surface area contributed by atoms with E-state index in [4.69, 9.17) is 9.15 Å². The fourth-order valence-electron chi connectivity index (χ4n) is 4.36. The molecular formula is C21H21N3O6S. The first kappa shape index (κ1) is 19.8.